The Morgan fingerprint density at radius 1 is 1.45 bits per heavy atom. The molecule has 0 heterocycles. The second-order valence-electron chi connectivity index (χ2n) is 3.90. The van der Waals surface area contributed by atoms with Crippen molar-refractivity contribution in [3.8, 4) is 0 Å². The SMILES string of the molecule is CCN(CCC(=O)OC)S(=O)(=O)c1ccc(Br)c(F)c1. The molecule has 1 rings (SSSR count). The van der Waals surface area contributed by atoms with E-state index in [2.05, 4.69) is 20.7 Å². The first-order valence-corrected chi connectivity index (χ1v) is 8.08. The molecule has 0 N–H and O–H groups in total. The summed E-state index contributed by atoms with van der Waals surface area (Å²) in [5.41, 5.74) is 0. The highest BCUT2D eigenvalue weighted by Gasteiger charge is 2.24. The van der Waals surface area contributed by atoms with E-state index < -0.39 is 21.8 Å². The van der Waals surface area contributed by atoms with Crippen molar-refractivity contribution in [2.45, 2.75) is 18.2 Å². The van der Waals surface area contributed by atoms with Crippen LogP contribution in [0.5, 0.6) is 0 Å². The number of methoxy groups -OCH3 is 1. The van der Waals surface area contributed by atoms with Crippen LogP contribution < -0.4 is 0 Å². The minimum Gasteiger partial charge on any atom is -0.469 e. The zero-order chi connectivity index (χ0) is 15.3. The van der Waals surface area contributed by atoms with Crippen LogP contribution in [0.1, 0.15) is 13.3 Å². The lowest BCUT2D eigenvalue weighted by Crippen LogP contribution is -2.33. The summed E-state index contributed by atoms with van der Waals surface area (Å²) in [5, 5.41) is 0. The van der Waals surface area contributed by atoms with Gasteiger partial charge in [0.05, 0.1) is 22.9 Å². The third-order valence-corrected chi connectivity index (χ3v) is 5.29. The number of rotatable bonds is 6. The van der Waals surface area contributed by atoms with Crippen LogP contribution in [0, 0.1) is 5.82 Å². The number of ether oxygens (including phenoxy) is 1. The molecule has 0 unspecified atom stereocenters. The van der Waals surface area contributed by atoms with Crippen molar-refractivity contribution in [1.29, 1.82) is 0 Å². The van der Waals surface area contributed by atoms with Gasteiger partial charge in [0.1, 0.15) is 5.82 Å². The number of sulfonamides is 1. The van der Waals surface area contributed by atoms with E-state index in [9.17, 15) is 17.6 Å². The van der Waals surface area contributed by atoms with E-state index >= 15 is 0 Å². The third kappa shape index (κ3) is 4.00. The molecule has 112 valence electrons. The number of esters is 1. The van der Waals surface area contributed by atoms with Crippen molar-refractivity contribution < 1.29 is 22.3 Å². The zero-order valence-corrected chi connectivity index (χ0v) is 13.5. The highest BCUT2D eigenvalue weighted by molar-refractivity contribution is 9.10. The van der Waals surface area contributed by atoms with Gasteiger partial charge in [-0.15, -0.1) is 0 Å². The lowest BCUT2D eigenvalue weighted by atomic mass is 10.3. The first-order valence-electron chi connectivity index (χ1n) is 5.85. The molecule has 20 heavy (non-hydrogen) atoms. The van der Waals surface area contributed by atoms with E-state index in [1.54, 1.807) is 6.92 Å². The topological polar surface area (TPSA) is 63.7 Å². The van der Waals surface area contributed by atoms with Gasteiger partial charge in [-0.3, -0.25) is 4.79 Å². The number of carbonyl (C=O) groups excluding carboxylic acids is 1. The highest BCUT2D eigenvalue weighted by atomic mass is 79.9. The van der Waals surface area contributed by atoms with Crippen molar-refractivity contribution in [3.05, 3.63) is 28.5 Å². The molecule has 1 aromatic carbocycles. The number of carbonyl (C=O) groups is 1. The molecular formula is C12H15BrFNO4S. The van der Waals surface area contributed by atoms with Gasteiger partial charge < -0.3 is 4.74 Å². The minimum atomic E-state index is -3.83. The first kappa shape index (κ1) is 17.1. The maximum Gasteiger partial charge on any atom is 0.306 e. The second kappa shape index (κ2) is 7.14. The summed E-state index contributed by atoms with van der Waals surface area (Å²) in [6, 6.07) is 3.58. The van der Waals surface area contributed by atoms with Gasteiger partial charge in [-0.25, -0.2) is 12.8 Å². The number of hydrogen-bond acceptors (Lipinski definition) is 4. The molecule has 0 amide bonds. The zero-order valence-electron chi connectivity index (χ0n) is 11.1. The normalized spacial score (nSPS) is 11.7. The van der Waals surface area contributed by atoms with Gasteiger partial charge in [0, 0.05) is 13.1 Å². The predicted octanol–water partition coefficient (Wildman–Crippen LogP) is 2.16. The summed E-state index contributed by atoms with van der Waals surface area (Å²) in [6.07, 6.45) is -0.0530. The first-order chi connectivity index (χ1) is 9.32. The molecule has 1 aromatic rings. The summed E-state index contributed by atoms with van der Waals surface area (Å²) < 4.78 is 43.8. The molecule has 0 spiro atoms. The van der Waals surface area contributed by atoms with E-state index in [-0.39, 0.29) is 28.9 Å². The average Bonchev–Trinajstić information content (AvgIpc) is 2.41. The summed E-state index contributed by atoms with van der Waals surface area (Å²) in [5.74, 6) is -1.16. The Hall–Kier alpha value is -0.990. The van der Waals surface area contributed by atoms with Gasteiger partial charge in [-0.1, -0.05) is 6.92 Å². The summed E-state index contributed by atoms with van der Waals surface area (Å²) in [6.45, 7) is 1.81. The molecule has 0 saturated carbocycles. The Labute approximate surface area is 125 Å². The Bertz CT molecular complexity index is 591. The average molecular weight is 368 g/mol. The maximum absolute atomic E-state index is 13.4. The molecule has 0 aliphatic heterocycles. The van der Waals surface area contributed by atoms with Crippen LogP contribution >= 0.6 is 15.9 Å². The van der Waals surface area contributed by atoms with Crippen LogP contribution in [0.4, 0.5) is 4.39 Å². The molecule has 5 nitrogen and oxygen atoms in total. The Kier molecular flexibility index (Phi) is 6.09. The van der Waals surface area contributed by atoms with E-state index in [0.29, 0.717) is 0 Å². The number of hydrogen-bond donors (Lipinski definition) is 0. The van der Waals surface area contributed by atoms with Crippen molar-refractivity contribution in [2.24, 2.45) is 0 Å². The molecule has 0 atom stereocenters. The third-order valence-electron chi connectivity index (χ3n) is 2.67. The maximum atomic E-state index is 13.4. The van der Waals surface area contributed by atoms with Crippen molar-refractivity contribution in [3.63, 3.8) is 0 Å². The fourth-order valence-electron chi connectivity index (χ4n) is 1.55. The molecular weight excluding hydrogens is 353 g/mol. The van der Waals surface area contributed by atoms with Gasteiger partial charge >= 0.3 is 5.97 Å². The standard InChI is InChI=1S/C12H15BrFNO4S/c1-3-15(7-6-12(16)19-2)20(17,18)9-4-5-10(13)11(14)8-9/h4-5,8H,3,6-7H2,1-2H3. The Morgan fingerprint density at radius 3 is 2.60 bits per heavy atom. The fourth-order valence-corrected chi connectivity index (χ4v) is 3.26. The van der Waals surface area contributed by atoms with Crippen LogP contribution in [0.15, 0.2) is 27.6 Å². The quantitative estimate of drug-likeness (QED) is 0.722. The second-order valence-corrected chi connectivity index (χ2v) is 6.69. The van der Waals surface area contributed by atoms with Gasteiger partial charge in [0.2, 0.25) is 10.0 Å². The van der Waals surface area contributed by atoms with Crippen molar-refractivity contribution in [1.82, 2.24) is 4.31 Å². The van der Waals surface area contributed by atoms with Crippen LogP contribution in [0.3, 0.4) is 0 Å². The largest absolute Gasteiger partial charge is 0.469 e. The summed E-state index contributed by atoms with van der Waals surface area (Å²) in [4.78, 5) is 10.9. The van der Waals surface area contributed by atoms with Crippen molar-refractivity contribution >= 4 is 31.9 Å². The van der Waals surface area contributed by atoms with E-state index in [0.717, 1.165) is 10.4 Å². The van der Waals surface area contributed by atoms with Gasteiger partial charge in [-0.05, 0) is 34.1 Å². The number of halogens is 2. The molecule has 0 bridgehead atoms. The van der Waals surface area contributed by atoms with Crippen molar-refractivity contribution in [2.75, 3.05) is 20.2 Å². The molecule has 0 aromatic heterocycles. The number of nitrogens with zero attached hydrogens (tertiary/aromatic N) is 1. The Balaban J connectivity index is 2.99. The molecule has 0 aliphatic carbocycles. The van der Waals surface area contributed by atoms with Gasteiger partial charge in [-0.2, -0.15) is 4.31 Å². The lowest BCUT2D eigenvalue weighted by Gasteiger charge is -2.20. The lowest BCUT2D eigenvalue weighted by molar-refractivity contribution is -0.140. The molecule has 0 saturated heterocycles. The van der Waals surface area contributed by atoms with E-state index in [4.69, 9.17) is 0 Å². The minimum absolute atomic E-state index is 0.0107. The van der Waals surface area contributed by atoms with Crippen LogP contribution in [0.25, 0.3) is 0 Å². The predicted molar refractivity (Wildman–Crippen MR) is 75.2 cm³/mol. The summed E-state index contributed by atoms with van der Waals surface area (Å²) in [7, 11) is -2.60. The molecule has 0 aliphatic rings. The van der Waals surface area contributed by atoms with Gasteiger partial charge in [0.25, 0.3) is 0 Å². The van der Waals surface area contributed by atoms with Crippen LogP contribution in [0.2, 0.25) is 0 Å². The van der Waals surface area contributed by atoms with E-state index in [1.807, 2.05) is 0 Å². The molecule has 0 fully saturated rings. The van der Waals surface area contributed by atoms with E-state index in [1.165, 1.54) is 19.2 Å². The van der Waals surface area contributed by atoms with Crippen LogP contribution in [-0.4, -0.2) is 38.9 Å². The van der Waals surface area contributed by atoms with Gasteiger partial charge in [0.15, 0.2) is 0 Å². The summed E-state index contributed by atoms with van der Waals surface area (Å²) >= 11 is 2.96. The fraction of sp³-hybridized carbons (Fsp3) is 0.417. The Morgan fingerprint density at radius 2 is 2.10 bits per heavy atom. The molecule has 8 heteroatoms. The smallest absolute Gasteiger partial charge is 0.306 e. The van der Waals surface area contributed by atoms with Crippen LogP contribution in [-0.2, 0) is 19.6 Å². The highest BCUT2D eigenvalue weighted by Crippen LogP contribution is 2.22. The monoisotopic (exact) mass is 367 g/mol. The number of benzene rings is 1. The molecule has 0 radical (unpaired) electrons.